The minimum absolute atomic E-state index is 0.0567. The lowest BCUT2D eigenvalue weighted by Gasteiger charge is -2.35. The maximum atomic E-state index is 12.6. The van der Waals surface area contributed by atoms with Crippen LogP contribution in [0.4, 0.5) is 5.69 Å². The number of nitrogens with zero attached hydrogens (tertiary/aromatic N) is 5. The number of anilines is 1. The number of piperazine rings is 1. The largest absolute Gasteiger partial charge is 0.469 e. The molecule has 8 heteroatoms. The van der Waals surface area contributed by atoms with Gasteiger partial charge < -0.3 is 19.5 Å². The predicted octanol–water partition coefficient (Wildman–Crippen LogP) is 1.26. The normalized spacial score (nSPS) is 15.6. The lowest BCUT2D eigenvalue weighted by atomic mass is 10.3. The van der Waals surface area contributed by atoms with Crippen molar-refractivity contribution in [2.75, 3.05) is 37.6 Å². The molecule has 3 heterocycles. The highest BCUT2D eigenvalue weighted by Crippen LogP contribution is 2.16. The van der Waals surface area contributed by atoms with Crippen molar-refractivity contribution in [2.45, 2.75) is 19.8 Å². The summed E-state index contributed by atoms with van der Waals surface area (Å²) in [5.74, 6) is 1.78. The molecule has 0 unspecified atom stereocenters. The minimum Gasteiger partial charge on any atom is -0.469 e. The molecule has 0 atom stereocenters. The number of rotatable bonds is 6. The molecule has 1 N–H and O–H groups in total. The SMILES string of the molecule is CCCN=C(NCCc1ccco1)N1CCN(c2cnn(C)c2)C(=O)C1. The fourth-order valence-corrected chi connectivity index (χ4v) is 2.91. The Morgan fingerprint density at radius 1 is 1.42 bits per heavy atom. The third-order valence-electron chi connectivity index (χ3n) is 4.24. The van der Waals surface area contributed by atoms with E-state index in [1.165, 1.54) is 0 Å². The highest BCUT2D eigenvalue weighted by atomic mass is 16.3. The van der Waals surface area contributed by atoms with Gasteiger partial charge in [0.05, 0.1) is 18.1 Å². The molecule has 0 saturated carbocycles. The van der Waals surface area contributed by atoms with Crippen LogP contribution in [0.25, 0.3) is 0 Å². The molecule has 1 fully saturated rings. The number of carbonyl (C=O) groups is 1. The Bertz CT molecular complexity index is 737. The summed E-state index contributed by atoms with van der Waals surface area (Å²) < 4.78 is 7.07. The van der Waals surface area contributed by atoms with Gasteiger partial charge in [-0.3, -0.25) is 14.5 Å². The summed E-state index contributed by atoms with van der Waals surface area (Å²) in [5, 5.41) is 7.52. The van der Waals surface area contributed by atoms with Gasteiger partial charge in [0.15, 0.2) is 5.96 Å². The molecule has 0 aliphatic carbocycles. The van der Waals surface area contributed by atoms with Crippen molar-refractivity contribution in [3.8, 4) is 0 Å². The van der Waals surface area contributed by atoms with Gasteiger partial charge in [-0.15, -0.1) is 0 Å². The average Bonchev–Trinajstić information content (AvgIpc) is 3.29. The summed E-state index contributed by atoms with van der Waals surface area (Å²) in [4.78, 5) is 21.0. The van der Waals surface area contributed by atoms with E-state index in [0.29, 0.717) is 19.6 Å². The Morgan fingerprint density at radius 2 is 2.31 bits per heavy atom. The topological polar surface area (TPSA) is 78.9 Å². The van der Waals surface area contributed by atoms with Crippen molar-refractivity contribution < 1.29 is 9.21 Å². The third kappa shape index (κ3) is 4.44. The van der Waals surface area contributed by atoms with Crippen LogP contribution in [0.3, 0.4) is 0 Å². The van der Waals surface area contributed by atoms with Crippen molar-refractivity contribution in [3.63, 3.8) is 0 Å². The Balaban J connectivity index is 1.59. The Kier molecular flexibility index (Phi) is 5.93. The van der Waals surface area contributed by atoms with E-state index >= 15 is 0 Å². The van der Waals surface area contributed by atoms with E-state index in [1.807, 2.05) is 30.3 Å². The number of hydrogen-bond acceptors (Lipinski definition) is 4. The number of carbonyl (C=O) groups excluding carboxylic acids is 1. The zero-order valence-electron chi connectivity index (χ0n) is 15.4. The van der Waals surface area contributed by atoms with E-state index in [1.54, 1.807) is 22.0 Å². The lowest BCUT2D eigenvalue weighted by Crippen LogP contribution is -2.55. The number of nitrogens with one attached hydrogen (secondary N) is 1. The summed E-state index contributed by atoms with van der Waals surface area (Å²) in [6.45, 7) is 5.21. The number of amides is 1. The van der Waals surface area contributed by atoms with Crippen LogP contribution in [0, 0.1) is 0 Å². The second kappa shape index (κ2) is 8.55. The quantitative estimate of drug-likeness (QED) is 0.621. The molecule has 0 bridgehead atoms. The van der Waals surface area contributed by atoms with Gasteiger partial charge in [-0.25, -0.2) is 0 Å². The number of aromatic nitrogens is 2. The van der Waals surface area contributed by atoms with Gasteiger partial charge in [0.2, 0.25) is 5.91 Å². The van der Waals surface area contributed by atoms with Gasteiger partial charge >= 0.3 is 0 Å². The van der Waals surface area contributed by atoms with Crippen molar-refractivity contribution >= 4 is 17.6 Å². The summed E-state index contributed by atoms with van der Waals surface area (Å²) in [5.41, 5.74) is 0.843. The van der Waals surface area contributed by atoms with Crippen LogP contribution in [0.2, 0.25) is 0 Å². The van der Waals surface area contributed by atoms with Crippen LogP contribution >= 0.6 is 0 Å². The third-order valence-corrected chi connectivity index (χ3v) is 4.24. The van der Waals surface area contributed by atoms with Gasteiger partial charge in [0, 0.05) is 45.8 Å². The molecule has 2 aromatic heterocycles. The van der Waals surface area contributed by atoms with Gasteiger partial charge in [-0.05, 0) is 18.6 Å². The van der Waals surface area contributed by atoms with E-state index < -0.39 is 0 Å². The molecule has 26 heavy (non-hydrogen) atoms. The molecule has 2 aromatic rings. The summed E-state index contributed by atoms with van der Waals surface area (Å²) >= 11 is 0. The first kappa shape index (κ1) is 18.0. The molecule has 140 valence electrons. The van der Waals surface area contributed by atoms with E-state index in [9.17, 15) is 4.79 Å². The summed E-state index contributed by atoms with van der Waals surface area (Å²) in [6.07, 6.45) is 7.01. The van der Waals surface area contributed by atoms with E-state index in [0.717, 1.165) is 43.3 Å². The van der Waals surface area contributed by atoms with Crippen LogP contribution in [-0.4, -0.2) is 59.3 Å². The van der Waals surface area contributed by atoms with Gasteiger partial charge in [-0.2, -0.15) is 5.10 Å². The van der Waals surface area contributed by atoms with Crippen molar-refractivity contribution in [3.05, 3.63) is 36.5 Å². The maximum Gasteiger partial charge on any atom is 0.246 e. The van der Waals surface area contributed by atoms with Crippen molar-refractivity contribution in [2.24, 2.45) is 12.0 Å². The summed E-state index contributed by atoms with van der Waals surface area (Å²) in [6, 6.07) is 3.85. The molecule has 0 spiro atoms. The van der Waals surface area contributed by atoms with Crippen LogP contribution < -0.4 is 10.2 Å². The molecule has 1 saturated heterocycles. The van der Waals surface area contributed by atoms with Gasteiger partial charge in [-0.1, -0.05) is 6.92 Å². The van der Waals surface area contributed by atoms with Crippen LogP contribution in [-0.2, 0) is 18.3 Å². The van der Waals surface area contributed by atoms with Gasteiger partial charge in [0.25, 0.3) is 0 Å². The first-order valence-corrected chi connectivity index (χ1v) is 9.02. The Morgan fingerprint density at radius 3 is 2.96 bits per heavy atom. The number of hydrogen-bond donors (Lipinski definition) is 1. The minimum atomic E-state index is 0.0567. The van der Waals surface area contributed by atoms with Crippen molar-refractivity contribution in [1.29, 1.82) is 0 Å². The maximum absolute atomic E-state index is 12.6. The second-order valence-corrected chi connectivity index (χ2v) is 6.30. The number of aliphatic imine (C=N–C) groups is 1. The number of guanidine groups is 1. The fourth-order valence-electron chi connectivity index (χ4n) is 2.91. The predicted molar refractivity (Wildman–Crippen MR) is 100 cm³/mol. The van der Waals surface area contributed by atoms with Crippen LogP contribution in [0.5, 0.6) is 0 Å². The Labute approximate surface area is 153 Å². The Hall–Kier alpha value is -2.77. The first-order chi connectivity index (χ1) is 12.7. The molecular formula is C18H26N6O2. The lowest BCUT2D eigenvalue weighted by molar-refractivity contribution is -0.120. The first-order valence-electron chi connectivity index (χ1n) is 9.02. The van der Waals surface area contributed by atoms with Crippen molar-refractivity contribution in [1.82, 2.24) is 20.0 Å². The number of furan rings is 1. The average molecular weight is 358 g/mol. The zero-order valence-corrected chi connectivity index (χ0v) is 15.4. The standard InChI is InChI=1S/C18H26N6O2/c1-3-7-19-18(20-8-6-16-5-4-11-26-16)23-9-10-24(17(25)14-23)15-12-21-22(2)13-15/h4-5,11-13H,3,6-10,14H2,1-2H3,(H,19,20). The fraction of sp³-hybridized carbons (Fsp3) is 0.500. The zero-order chi connectivity index (χ0) is 18.4. The van der Waals surface area contributed by atoms with E-state index in [2.05, 4.69) is 22.3 Å². The highest BCUT2D eigenvalue weighted by molar-refractivity contribution is 5.98. The molecule has 1 aliphatic heterocycles. The smallest absolute Gasteiger partial charge is 0.246 e. The van der Waals surface area contributed by atoms with Gasteiger partial charge in [0.1, 0.15) is 12.3 Å². The summed E-state index contributed by atoms with van der Waals surface area (Å²) in [7, 11) is 1.85. The molecule has 1 amide bonds. The van der Waals surface area contributed by atoms with Crippen LogP contribution in [0.1, 0.15) is 19.1 Å². The highest BCUT2D eigenvalue weighted by Gasteiger charge is 2.27. The second-order valence-electron chi connectivity index (χ2n) is 6.30. The molecule has 8 nitrogen and oxygen atoms in total. The molecular weight excluding hydrogens is 332 g/mol. The van der Waals surface area contributed by atoms with E-state index in [-0.39, 0.29) is 5.91 Å². The molecule has 0 radical (unpaired) electrons. The van der Waals surface area contributed by atoms with E-state index in [4.69, 9.17) is 4.42 Å². The molecule has 3 rings (SSSR count). The number of aryl methyl sites for hydroxylation is 1. The molecule has 1 aliphatic rings. The van der Waals surface area contributed by atoms with Crippen LogP contribution in [0.15, 0.2) is 40.2 Å². The molecule has 0 aromatic carbocycles. The monoisotopic (exact) mass is 358 g/mol.